The van der Waals surface area contributed by atoms with Gasteiger partial charge in [-0.15, -0.1) is 0 Å². The molecule has 0 spiro atoms. The topological polar surface area (TPSA) is 46.5 Å². The van der Waals surface area contributed by atoms with Crippen molar-refractivity contribution in [3.63, 3.8) is 0 Å². The van der Waals surface area contributed by atoms with E-state index in [4.69, 9.17) is 9.84 Å². The number of unbranched alkanes of at least 4 members (excludes halogenated alkanes) is 4. The van der Waals surface area contributed by atoms with Gasteiger partial charge >= 0.3 is 5.97 Å². The lowest BCUT2D eigenvalue weighted by Gasteiger charge is -2.14. The standard InChI is InChI=1S/C11H21BrO3/c1-11(2,12)10(14)15-9-7-5-3-4-6-8-13/h13H,3-9H2,1-2H3. The zero-order valence-electron chi connectivity index (χ0n) is 9.59. The Morgan fingerprint density at radius 3 is 2.27 bits per heavy atom. The fourth-order valence-electron chi connectivity index (χ4n) is 1.08. The van der Waals surface area contributed by atoms with Gasteiger partial charge in [0.15, 0.2) is 0 Å². The van der Waals surface area contributed by atoms with Gasteiger partial charge in [0, 0.05) is 6.61 Å². The Bertz CT molecular complexity index is 175. The van der Waals surface area contributed by atoms with E-state index in [9.17, 15) is 4.79 Å². The quantitative estimate of drug-likeness (QED) is 0.422. The van der Waals surface area contributed by atoms with Crippen molar-refractivity contribution in [2.75, 3.05) is 13.2 Å². The van der Waals surface area contributed by atoms with Crippen molar-refractivity contribution in [1.29, 1.82) is 0 Å². The second-order valence-electron chi connectivity index (χ2n) is 4.10. The molecule has 1 N–H and O–H groups in total. The van der Waals surface area contributed by atoms with E-state index in [1.54, 1.807) is 13.8 Å². The zero-order valence-corrected chi connectivity index (χ0v) is 11.2. The number of carbonyl (C=O) groups is 1. The fraction of sp³-hybridized carbons (Fsp3) is 0.909. The minimum Gasteiger partial charge on any atom is -0.465 e. The molecule has 0 bridgehead atoms. The minimum atomic E-state index is -0.579. The summed E-state index contributed by atoms with van der Waals surface area (Å²) in [4.78, 5) is 11.3. The van der Waals surface area contributed by atoms with Gasteiger partial charge in [0.2, 0.25) is 0 Å². The Morgan fingerprint density at radius 2 is 1.73 bits per heavy atom. The first kappa shape index (κ1) is 14.9. The van der Waals surface area contributed by atoms with Crippen molar-refractivity contribution in [2.45, 2.75) is 50.3 Å². The van der Waals surface area contributed by atoms with E-state index in [1.807, 2.05) is 0 Å². The number of aliphatic hydroxyl groups is 1. The van der Waals surface area contributed by atoms with Crippen molar-refractivity contribution in [3.05, 3.63) is 0 Å². The Kier molecular flexibility index (Phi) is 8.06. The van der Waals surface area contributed by atoms with E-state index in [0.717, 1.165) is 32.1 Å². The molecular formula is C11H21BrO3. The number of halogens is 1. The molecule has 90 valence electrons. The molecule has 0 unspecified atom stereocenters. The molecule has 0 radical (unpaired) electrons. The lowest BCUT2D eigenvalue weighted by molar-refractivity contribution is -0.145. The van der Waals surface area contributed by atoms with E-state index in [-0.39, 0.29) is 12.6 Å². The third-order valence-corrected chi connectivity index (χ3v) is 2.34. The molecule has 0 aromatic rings. The maximum Gasteiger partial charge on any atom is 0.322 e. The predicted molar refractivity (Wildman–Crippen MR) is 64.1 cm³/mol. The molecule has 0 aliphatic heterocycles. The van der Waals surface area contributed by atoms with E-state index < -0.39 is 4.32 Å². The smallest absolute Gasteiger partial charge is 0.322 e. The average molecular weight is 281 g/mol. The first-order valence-corrected chi connectivity index (χ1v) is 6.25. The van der Waals surface area contributed by atoms with Crippen molar-refractivity contribution in [3.8, 4) is 0 Å². The molecule has 0 aromatic heterocycles. The maximum atomic E-state index is 11.3. The second kappa shape index (κ2) is 8.11. The van der Waals surface area contributed by atoms with Gasteiger partial charge in [0.1, 0.15) is 4.32 Å². The molecule has 0 heterocycles. The molecule has 0 atom stereocenters. The van der Waals surface area contributed by atoms with Gasteiger partial charge in [-0.2, -0.15) is 0 Å². The van der Waals surface area contributed by atoms with E-state index in [2.05, 4.69) is 15.9 Å². The number of hydrogen-bond acceptors (Lipinski definition) is 3. The van der Waals surface area contributed by atoms with Crippen LogP contribution in [0.15, 0.2) is 0 Å². The molecule has 0 saturated carbocycles. The fourth-order valence-corrected chi connectivity index (χ4v) is 1.20. The van der Waals surface area contributed by atoms with Gasteiger partial charge in [-0.25, -0.2) is 0 Å². The highest BCUT2D eigenvalue weighted by Gasteiger charge is 2.24. The number of ether oxygens (including phenoxy) is 1. The van der Waals surface area contributed by atoms with Crippen LogP contribution in [0.5, 0.6) is 0 Å². The van der Waals surface area contributed by atoms with Crippen LogP contribution in [0, 0.1) is 0 Å². The molecular weight excluding hydrogens is 260 g/mol. The van der Waals surface area contributed by atoms with Crippen LogP contribution in [0.4, 0.5) is 0 Å². The third kappa shape index (κ3) is 8.88. The molecule has 0 aliphatic carbocycles. The van der Waals surface area contributed by atoms with Gasteiger partial charge in [-0.1, -0.05) is 35.2 Å². The summed E-state index contributed by atoms with van der Waals surface area (Å²) < 4.78 is 4.50. The molecule has 0 aliphatic rings. The lowest BCUT2D eigenvalue weighted by atomic mass is 10.1. The number of hydrogen-bond donors (Lipinski definition) is 1. The van der Waals surface area contributed by atoms with Gasteiger partial charge in [0.25, 0.3) is 0 Å². The molecule has 15 heavy (non-hydrogen) atoms. The number of alkyl halides is 1. The normalized spacial score (nSPS) is 11.5. The summed E-state index contributed by atoms with van der Waals surface area (Å²) in [5, 5.41) is 8.56. The Hall–Kier alpha value is -0.0900. The predicted octanol–water partition coefficient (Wildman–Crippen LogP) is 2.65. The van der Waals surface area contributed by atoms with Crippen LogP contribution in [0.25, 0.3) is 0 Å². The lowest BCUT2D eigenvalue weighted by Crippen LogP contribution is -2.26. The monoisotopic (exact) mass is 280 g/mol. The van der Waals surface area contributed by atoms with Gasteiger partial charge in [-0.05, 0) is 26.7 Å². The minimum absolute atomic E-state index is 0.210. The van der Waals surface area contributed by atoms with Crippen LogP contribution < -0.4 is 0 Å². The molecule has 0 rings (SSSR count). The summed E-state index contributed by atoms with van der Waals surface area (Å²) in [5.74, 6) is -0.210. The van der Waals surface area contributed by atoms with E-state index in [0.29, 0.717) is 6.61 Å². The van der Waals surface area contributed by atoms with Gasteiger partial charge in [-0.3, -0.25) is 4.79 Å². The highest BCUT2D eigenvalue weighted by molar-refractivity contribution is 9.10. The van der Waals surface area contributed by atoms with Crippen molar-refractivity contribution >= 4 is 21.9 Å². The Balaban J connectivity index is 3.28. The second-order valence-corrected chi connectivity index (χ2v) is 6.08. The summed E-state index contributed by atoms with van der Waals surface area (Å²) in [5.41, 5.74) is 0. The van der Waals surface area contributed by atoms with E-state index >= 15 is 0 Å². The van der Waals surface area contributed by atoms with E-state index in [1.165, 1.54) is 0 Å². The van der Waals surface area contributed by atoms with Crippen molar-refractivity contribution in [1.82, 2.24) is 0 Å². The number of rotatable bonds is 8. The highest BCUT2D eigenvalue weighted by atomic mass is 79.9. The molecule has 0 fully saturated rings. The van der Waals surface area contributed by atoms with Crippen LogP contribution >= 0.6 is 15.9 Å². The highest BCUT2D eigenvalue weighted by Crippen LogP contribution is 2.17. The van der Waals surface area contributed by atoms with Crippen LogP contribution in [0.1, 0.15) is 46.0 Å². The first-order chi connectivity index (χ1) is 6.98. The summed E-state index contributed by atoms with van der Waals surface area (Å²) in [6, 6.07) is 0. The molecule has 0 amide bonds. The molecule has 3 nitrogen and oxygen atoms in total. The SMILES string of the molecule is CC(C)(Br)C(=O)OCCCCCCCO. The van der Waals surface area contributed by atoms with Gasteiger partial charge < -0.3 is 9.84 Å². The van der Waals surface area contributed by atoms with Crippen molar-refractivity contribution in [2.24, 2.45) is 0 Å². The summed E-state index contributed by atoms with van der Waals surface area (Å²) in [6.45, 7) is 4.31. The number of carbonyl (C=O) groups excluding carboxylic acids is 1. The summed E-state index contributed by atoms with van der Waals surface area (Å²) >= 11 is 3.24. The summed E-state index contributed by atoms with van der Waals surface area (Å²) in [6.07, 6.45) is 4.97. The van der Waals surface area contributed by atoms with Crippen LogP contribution in [0.2, 0.25) is 0 Å². The third-order valence-electron chi connectivity index (χ3n) is 2.02. The number of esters is 1. The Morgan fingerprint density at radius 1 is 1.20 bits per heavy atom. The van der Waals surface area contributed by atoms with Crippen LogP contribution in [-0.2, 0) is 9.53 Å². The molecule has 4 heteroatoms. The first-order valence-electron chi connectivity index (χ1n) is 5.45. The average Bonchev–Trinajstić information content (AvgIpc) is 2.14. The molecule has 0 aromatic carbocycles. The largest absolute Gasteiger partial charge is 0.465 e. The zero-order chi connectivity index (χ0) is 11.7. The molecule has 0 saturated heterocycles. The van der Waals surface area contributed by atoms with Crippen molar-refractivity contribution < 1.29 is 14.6 Å². The van der Waals surface area contributed by atoms with Crippen LogP contribution in [0.3, 0.4) is 0 Å². The Labute approximate surface area is 100 Å². The van der Waals surface area contributed by atoms with Gasteiger partial charge in [0.05, 0.1) is 6.61 Å². The number of aliphatic hydroxyl groups excluding tert-OH is 1. The summed E-state index contributed by atoms with van der Waals surface area (Å²) in [7, 11) is 0. The van der Waals surface area contributed by atoms with Crippen LogP contribution in [-0.4, -0.2) is 28.6 Å². The maximum absolute atomic E-state index is 11.3.